The van der Waals surface area contributed by atoms with Gasteiger partial charge in [-0.05, 0) is 17.8 Å². The Morgan fingerprint density at radius 2 is 2.33 bits per heavy atom. The van der Waals surface area contributed by atoms with Crippen molar-refractivity contribution in [1.29, 1.82) is 5.26 Å². The molecule has 74 valence electrons. The molecule has 2 rings (SSSR count). The van der Waals surface area contributed by atoms with Gasteiger partial charge < -0.3 is 0 Å². The Balaban J connectivity index is 2.25. The SMILES string of the molecule is Cn1ncnc1Sc1nccc(C#N)n1. The van der Waals surface area contributed by atoms with E-state index in [0.29, 0.717) is 16.0 Å². The van der Waals surface area contributed by atoms with E-state index in [4.69, 9.17) is 5.26 Å². The van der Waals surface area contributed by atoms with Crippen LogP contribution in [0.2, 0.25) is 0 Å². The summed E-state index contributed by atoms with van der Waals surface area (Å²) in [5.41, 5.74) is 0.342. The van der Waals surface area contributed by atoms with Crippen molar-refractivity contribution >= 4 is 11.8 Å². The zero-order chi connectivity index (χ0) is 10.7. The largest absolute Gasteiger partial charge is 0.244 e. The minimum absolute atomic E-state index is 0.342. The Hall–Kier alpha value is -1.94. The van der Waals surface area contributed by atoms with Crippen LogP contribution in [0.4, 0.5) is 0 Å². The zero-order valence-electron chi connectivity index (χ0n) is 7.82. The normalized spacial score (nSPS) is 9.87. The summed E-state index contributed by atoms with van der Waals surface area (Å²) in [5, 5.41) is 13.8. The van der Waals surface area contributed by atoms with Gasteiger partial charge in [-0.2, -0.15) is 10.4 Å². The molecule has 0 unspecified atom stereocenters. The summed E-state index contributed by atoms with van der Waals surface area (Å²) in [6.45, 7) is 0. The first-order chi connectivity index (χ1) is 7.29. The quantitative estimate of drug-likeness (QED) is 0.688. The molecule has 0 N–H and O–H groups in total. The third-order valence-corrected chi connectivity index (χ3v) is 2.53. The van der Waals surface area contributed by atoms with Gasteiger partial charge in [-0.1, -0.05) is 0 Å². The molecule has 15 heavy (non-hydrogen) atoms. The highest BCUT2D eigenvalue weighted by atomic mass is 32.2. The fourth-order valence-electron chi connectivity index (χ4n) is 0.912. The lowest BCUT2D eigenvalue weighted by atomic mass is 10.5. The van der Waals surface area contributed by atoms with Crippen molar-refractivity contribution < 1.29 is 0 Å². The Kier molecular flexibility index (Phi) is 2.60. The van der Waals surface area contributed by atoms with E-state index in [0.717, 1.165) is 0 Å². The Bertz CT molecular complexity index is 514. The lowest BCUT2D eigenvalue weighted by Crippen LogP contribution is -1.95. The monoisotopic (exact) mass is 218 g/mol. The van der Waals surface area contributed by atoms with Gasteiger partial charge in [0.2, 0.25) is 0 Å². The second kappa shape index (κ2) is 4.06. The van der Waals surface area contributed by atoms with E-state index >= 15 is 0 Å². The van der Waals surface area contributed by atoms with E-state index in [9.17, 15) is 0 Å². The second-order valence-corrected chi connectivity index (χ2v) is 3.54. The molecule has 0 saturated carbocycles. The zero-order valence-corrected chi connectivity index (χ0v) is 8.64. The summed E-state index contributed by atoms with van der Waals surface area (Å²) in [6, 6.07) is 3.51. The van der Waals surface area contributed by atoms with Crippen LogP contribution in [0.25, 0.3) is 0 Å². The Morgan fingerprint density at radius 1 is 1.47 bits per heavy atom. The summed E-state index contributed by atoms with van der Waals surface area (Å²) in [4.78, 5) is 12.1. The first-order valence-electron chi connectivity index (χ1n) is 4.04. The maximum absolute atomic E-state index is 8.66. The highest BCUT2D eigenvalue weighted by Crippen LogP contribution is 2.20. The van der Waals surface area contributed by atoms with Crippen LogP contribution in [-0.4, -0.2) is 24.7 Å². The van der Waals surface area contributed by atoms with Crippen LogP contribution in [0.15, 0.2) is 28.9 Å². The number of rotatable bonds is 2. The van der Waals surface area contributed by atoms with Gasteiger partial charge in [-0.25, -0.2) is 19.6 Å². The molecule has 2 aromatic rings. The third kappa shape index (κ3) is 2.11. The molecule has 0 amide bonds. The number of nitriles is 1. The predicted octanol–water partition coefficient (Wildman–Crippen LogP) is 0.628. The molecule has 0 saturated heterocycles. The molecule has 0 atom stereocenters. The molecular formula is C8H6N6S. The molecule has 7 heteroatoms. The van der Waals surface area contributed by atoms with Crippen LogP contribution >= 0.6 is 11.8 Å². The van der Waals surface area contributed by atoms with Crippen LogP contribution < -0.4 is 0 Å². The van der Waals surface area contributed by atoms with E-state index in [1.807, 2.05) is 6.07 Å². The fraction of sp³-hybridized carbons (Fsp3) is 0.125. The molecule has 0 radical (unpaired) electrons. The number of nitrogens with zero attached hydrogens (tertiary/aromatic N) is 6. The minimum atomic E-state index is 0.342. The summed E-state index contributed by atoms with van der Waals surface area (Å²) in [7, 11) is 1.78. The fourth-order valence-corrected chi connectivity index (χ4v) is 1.61. The van der Waals surface area contributed by atoms with Gasteiger partial charge in [0.25, 0.3) is 0 Å². The Morgan fingerprint density at radius 3 is 3.00 bits per heavy atom. The van der Waals surface area contributed by atoms with E-state index in [1.54, 1.807) is 24.0 Å². The average molecular weight is 218 g/mol. The minimum Gasteiger partial charge on any atom is -0.244 e. The van der Waals surface area contributed by atoms with Crippen molar-refractivity contribution in [3.05, 3.63) is 24.3 Å². The van der Waals surface area contributed by atoms with Crippen LogP contribution in [0.1, 0.15) is 5.69 Å². The van der Waals surface area contributed by atoms with Crippen molar-refractivity contribution in [3.63, 3.8) is 0 Å². The topological polar surface area (TPSA) is 80.3 Å². The maximum atomic E-state index is 8.66. The van der Waals surface area contributed by atoms with E-state index in [2.05, 4.69) is 20.1 Å². The van der Waals surface area contributed by atoms with Gasteiger partial charge in [0.15, 0.2) is 10.3 Å². The summed E-state index contributed by atoms with van der Waals surface area (Å²) in [6.07, 6.45) is 3.00. The van der Waals surface area contributed by atoms with Crippen molar-refractivity contribution in [2.24, 2.45) is 7.05 Å². The Labute approximate surface area is 90.0 Å². The lowest BCUT2D eigenvalue weighted by Gasteiger charge is -1.97. The van der Waals surface area contributed by atoms with Gasteiger partial charge in [0.05, 0.1) is 0 Å². The van der Waals surface area contributed by atoms with Crippen LogP contribution in [-0.2, 0) is 7.05 Å². The predicted molar refractivity (Wildman–Crippen MR) is 51.9 cm³/mol. The van der Waals surface area contributed by atoms with Gasteiger partial charge in [-0.3, -0.25) is 0 Å². The molecule has 0 aliphatic rings. The standard InChI is InChI=1S/C8H6N6S/c1-14-8(11-5-12-14)15-7-10-3-2-6(4-9)13-7/h2-3,5H,1H3. The lowest BCUT2D eigenvalue weighted by molar-refractivity contribution is 0.683. The van der Waals surface area contributed by atoms with Crippen molar-refractivity contribution in [2.45, 2.75) is 10.3 Å². The van der Waals surface area contributed by atoms with Gasteiger partial charge in [-0.15, -0.1) is 0 Å². The smallest absolute Gasteiger partial charge is 0.196 e. The molecule has 0 aromatic carbocycles. The molecular weight excluding hydrogens is 212 g/mol. The highest BCUT2D eigenvalue weighted by Gasteiger charge is 2.06. The first kappa shape index (κ1) is 9.61. The summed E-state index contributed by atoms with van der Waals surface area (Å²) >= 11 is 1.27. The highest BCUT2D eigenvalue weighted by molar-refractivity contribution is 7.99. The van der Waals surface area contributed by atoms with Gasteiger partial charge in [0.1, 0.15) is 18.1 Å². The summed E-state index contributed by atoms with van der Waals surface area (Å²) < 4.78 is 1.62. The third-order valence-electron chi connectivity index (χ3n) is 1.60. The van der Waals surface area contributed by atoms with Crippen LogP contribution in [0.3, 0.4) is 0 Å². The van der Waals surface area contributed by atoms with Crippen LogP contribution in [0.5, 0.6) is 0 Å². The van der Waals surface area contributed by atoms with Crippen molar-refractivity contribution in [3.8, 4) is 6.07 Å². The maximum Gasteiger partial charge on any atom is 0.196 e. The van der Waals surface area contributed by atoms with E-state index in [-0.39, 0.29) is 0 Å². The molecule has 0 bridgehead atoms. The van der Waals surface area contributed by atoms with E-state index < -0.39 is 0 Å². The van der Waals surface area contributed by atoms with Crippen molar-refractivity contribution in [2.75, 3.05) is 0 Å². The van der Waals surface area contributed by atoms with E-state index in [1.165, 1.54) is 18.1 Å². The number of hydrogen-bond donors (Lipinski definition) is 0. The van der Waals surface area contributed by atoms with Crippen molar-refractivity contribution in [1.82, 2.24) is 24.7 Å². The van der Waals surface area contributed by atoms with Gasteiger partial charge in [0, 0.05) is 13.2 Å². The number of hydrogen-bond acceptors (Lipinski definition) is 6. The second-order valence-electron chi connectivity index (χ2n) is 2.60. The summed E-state index contributed by atoms with van der Waals surface area (Å²) in [5.74, 6) is 0. The van der Waals surface area contributed by atoms with Crippen LogP contribution in [0, 0.1) is 11.3 Å². The molecule has 0 spiro atoms. The first-order valence-corrected chi connectivity index (χ1v) is 4.86. The van der Waals surface area contributed by atoms with Gasteiger partial charge >= 0.3 is 0 Å². The molecule has 0 fully saturated rings. The average Bonchev–Trinajstić information content (AvgIpc) is 2.65. The number of aryl methyl sites for hydroxylation is 1. The molecule has 0 aliphatic carbocycles. The molecule has 0 aliphatic heterocycles. The molecule has 2 aromatic heterocycles. The molecule has 6 nitrogen and oxygen atoms in total. The number of aromatic nitrogens is 5. The molecule has 2 heterocycles.